The second kappa shape index (κ2) is 5.12. The summed E-state index contributed by atoms with van der Waals surface area (Å²) in [4.78, 5) is 16.3. The van der Waals surface area contributed by atoms with Crippen LogP contribution in [0, 0.1) is 0 Å². The predicted octanol–water partition coefficient (Wildman–Crippen LogP) is 2.97. The summed E-state index contributed by atoms with van der Waals surface area (Å²) in [5.41, 5.74) is 8.88. The minimum atomic E-state index is -0.377. The number of hydrogen-bond acceptors (Lipinski definition) is 3. The standard InChI is InChI=1S/C16H14ClN3OS/c17-13-6-5-12(22-13)15-14-9(7-11(20-15)16(18)21)8-3-1-2-4-10(8)19-14/h1-6,11,15,19-20H,7H2,(H2,18,21)/t11-,15+/m0/s1. The Bertz CT molecular complexity index is 869. The number of para-hydroxylation sites is 1. The maximum absolute atomic E-state index is 11.7. The third kappa shape index (κ3) is 2.13. The first-order valence-electron chi connectivity index (χ1n) is 7.03. The lowest BCUT2D eigenvalue weighted by molar-refractivity contribution is -0.120. The average Bonchev–Trinajstić information content (AvgIpc) is 3.09. The van der Waals surface area contributed by atoms with Crippen LogP contribution < -0.4 is 11.1 Å². The van der Waals surface area contributed by atoms with E-state index in [-0.39, 0.29) is 18.0 Å². The van der Waals surface area contributed by atoms with Crippen molar-refractivity contribution in [3.05, 3.63) is 56.9 Å². The third-order valence-electron chi connectivity index (χ3n) is 4.13. The van der Waals surface area contributed by atoms with Gasteiger partial charge in [0, 0.05) is 21.5 Å². The molecule has 1 aliphatic rings. The summed E-state index contributed by atoms with van der Waals surface area (Å²) < 4.78 is 0.732. The number of aromatic amines is 1. The second-order valence-corrected chi connectivity index (χ2v) is 7.21. The average molecular weight is 332 g/mol. The van der Waals surface area contributed by atoms with E-state index in [2.05, 4.69) is 16.4 Å². The van der Waals surface area contributed by atoms with Crippen LogP contribution in [-0.4, -0.2) is 16.9 Å². The molecule has 22 heavy (non-hydrogen) atoms. The van der Waals surface area contributed by atoms with Gasteiger partial charge in [-0.1, -0.05) is 29.8 Å². The number of carbonyl (C=O) groups is 1. The molecule has 0 saturated heterocycles. The van der Waals surface area contributed by atoms with Gasteiger partial charge in [-0.05, 0) is 30.2 Å². The first-order valence-corrected chi connectivity index (χ1v) is 8.23. The maximum atomic E-state index is 11.7. The molecule has 1 amide bonds. The Morgan fingerprint density at radius 2 is 2.09 bits per heavy atom. The fraction of sp³-hybridized carbons (Fsp3) is 0.188. The number of nitrogens with one attached hydrogen (secondary N) is 2. The largest absolute Gasteiger partial charge is 0.368 e. The molecule has 4 rings (SSSR count). The Morgan fingerprint density at radius 3 is 2.82 bits per heavy atom. The lowest BCUT2D eigenvalue weighted by atomic mass is 9.93. The number of hydrogen-bond donors (Lipinski definition) is 3. The Morgan fingerprint density at radius 1 is 1.27 bits per heavy atom. The molecule has 0 aliphatic carbocycles. The summed E-state index contributed by atoms with van der Waals surface area (Å²) in [6.07, 6.45) is 0.601. The van der Waals surface area contributed by atoms with Gasteiger partial charge in [0.25, 0.3) is 0 Å². The van der Waals surface area contributed by atoms with Gasteiger partial charge in [0.15, 0.2) is 0 Å². The molecule has 1 aliphatic heterocycles. The molecule has 4 nitrogen and oxygen atoms in total. The van der Waals surface area contributed by atoms with Crippen molar-refractivity contribution in [1.29, 1.82) is 0 Å². The zero-order chi connectivity index (χ0) is 15.3. The molecule has 6 heteroatoms. The van der Waals surface area contributed by atoms with Crippen molar-refractivity contribution in [2.75, 3.05) is 0 Å². The van der Waals surface area contributed by atoms with Crippen molar-refractivity contribution in [2.45, 2.75) is 18.5 Å². The second-order valence-electron chi connectivity index (χ2n) is 5.46. The highest BCUT2D eigenvalue weighted by atomic mass is 35.5. The molecular formula is C16H14ClN3OS. The van der Waals surface area contributed by atoms with Crippen LogP contribution in [0.5, 0.6) is 0 Å². The highest BCUT2D eigenvalue weighted by molar-refractivity contribution is 7.16. The molecule has 2 atom stereocenters. The minimum absolute atomic E-state index is 0.0915. The fourth-order valence-corrected chi connectivity index (χ4v) is 4.26. The number of rotatable bonds is 2. The number of primary amides is 1. The summed E-state index contributed by atoms with van der Waals surface area (Å²) in [5.74, 6) is -0.330. The van der Waals surface area contributed by atoms with E-state index >= 15 is 0 Å². The van der Waals surface area contributed by atoms with Crippen LogP contribution in [0.1, 0.15) is 22.2 Å². The van der Waals surface area contributed by atoms with Crippen LogP contribution in [0.3, 0.4) is 0 Å². The van der Waals surface area contributed by atoms with Crippen molar-refractivity contribution in [2.24, 2.45) is 5.73 Å². The summed E-state index contributed by atoms with van der Waals surface area (Å²) >= 11 is 7.59. The van der Waals surface area contributed by atoms with Crippen molar-refractivity contribution in [3.63, 3.8) is 0 Å². The number of nitrogens with two attached hydrogens (primary N) is 1. The molecule has 0 saturated carbocycles. The lowest BCUT2D eigenvalue weighted by Crippen LogP contribution is -2.47. The van der Waals surface area contributed by atoms with Crippen LogP contribution in [-0.2, 0) is 11.2 Å². The molecule has 3 heterocycles. The van der Waals surface area contributed by atoms with Gasteiger partial charge in [-0.15, -0.1) is 11.3 Å². The van der Waals surface area contributed by atoms with Crippen LogP contribution in [0.15, 0.2) is 36.4 Å². The van der Waals surface area contributed by atoms with E-state index in [1.54, 1.807) is 0 Å². The molecule has 112 valence electrons. The van der Waals surface area contributed by atoms with E-state index in [9.17, 15) is 4.79 Å². The molecule has 0 unspecified atom stereocenters. The molecule has 1 aromatic carbocycles. The van der Waals surface area contributed by atoms with Gasteiger partial charge >= 0.3 is 0 Å². The Hall–Kier alpha value is -1.82. The number of amides is 1. The Labute approximate surface area is 136 Å². The van der Waals surface area contributed by atoms with Crippen molar-refractivity contribution >= 4 is 39.7 Å². The van der Waals surface area contributed by atoms with E-state index in [4.69, 9.17) is 17.3 Å². The number of fused-ring (bicyclic) bond motifs is 3. The van der Waals surface area contributed by atoms with Gasteiger partial charge in [-0.2, -0.15) is 0 Å². The third-order valence-corrected chi connectivity index (χ3v) is 5.43. The zero-order valence-electron chi connectivity index (χ0n) is 11.6. The van der Waals surface area contributed by atoms with Crippen LogP contribution >= 0.6 is 22.9 Å². The van der Waals surface area contributed by atoms with Crippen LogP contribution in [0.25, 0.3) is 10.9 Å². The maximum Gasteiger partial charge on any atom is 0.234 e. The number of halogens is 1. The quantitative estimate of drug-likeness (QED) is 0.675. The number of aromatic nitrogens is 1. The Kier molecular flexibility index (Phi) is 3.22. The molecule has 3 aromatic rings. The molecule has 0 bridgehead atoms. The monoisotopic (exact) mass is 331 g/mol. The summed E-state index contributed by atoms with van der Waals surface area (Å²) in [6.45, 7) is 0. The van der Waals surface area contributed by atoms with Gasteiger partial charge in [0.2, 0.25) is 5.91 Å². The van der Waals surface area contributed by atoms with E-state index in [0.29, 0.717) is 6.42 Å². The number of thiophene rings is 1. The van der Waals surface area contributed by atoms with E-state index in [1.807, 2.05) is 30.3 Å². The number of H-pyrrole nitrogens is 1. The first-order chi connectivity index (χ1) is 10.6. The molecule has 0 fully saturated rings. The van der Waals surface area contributed by atoms with Gasteiger partial charge in [0.05, 0.1) is 16.4 Å². The highest BCUT2D eigenvalue weighted by Crippen LogP contribution is 2.38. The van der Waals surface area contributed by atoms with Crippen LogP contribution in [0.2, 0.25) is 4.34 Å². The van der Waals surface area contributed by atoms with Gasteiger partial charge in [-0.3, -0.25) is 10.1 Å². The van der Waals surface area contributed by atoms with Gasteiger partial charge in [0.1, 0.15) is 0 Å². The van der Waals surface area contributed by atoms with E-state index < -0.39 is 0 Å². The molecule has 2 aromatic heterocycles. The van der Waals surface area contributed by atoms with Crippen molar-refractivity contribution in [1.82, 2.24) is 10.3 Å². The lowest BCUT2D eigenvalue weighted by Gasteiger charge is -2.29. The zero-order valence-corrected chi connectivity index (χ0v) is 13.2. The van der Waals surface area contributed by atoms with Crippen molar-refractivity contribution in [3.8, 4) is 0 Å². The normalized spacial score (nSPS) is 21.0. The van der Waals surface area contributed by atoms with E-state index in [0.717, 1.165) is 31.4 Å². The summed E-state index contributed by atoms with van der Waals surface area (Å²) in [7, 11) is 0. The van der Waals surface area contributed by atoms with Crippen LogP contribution in [0.4, 0.5) is 0 Å². The van der Waals surface area contributed by atoms with Crippen molar-refractivity contribution < 1.29 is 4.79 Å². The predicted molar refractivity (Wildman–Crippen MR) is 89.3 cm³/mol. The molecule has 0 radical (unpaired) electrons. The SMILES string of the molecule is NC(=O)[C@@H]1Cc2c([nH]c3ccccc23)[C@@H](c2ccc(Cl)s2)N1. The summed E-state index contributed by atoms with van der Waals surface area (Å²) in [5, 5.41) is 4.50. The highest BCUT2D eigenvalue weighted by Gasteiger charge is 2.33. The fourth-order valence-electron chi connectivity index (χ4n) is 3.13. The molecule has 4 N–H and O–H groups in total. The minimum Gasteiger partial charge on any atom is -0.368 e. The smallest absolute Gasteiger partial charge is 0.234 e. The molecular weight excluding hydrogens is 318 g/mol. The Balaban J connectivity index is 1.91. The van der Waals surface area contributed by atoms with Gasteiger partial charge in [-0.25, -0.2) is 0 Å². The topological polar surface area (TPSA) is 70.9 Å². The van der Waals surface area contributed by atoms with Gasteiger partial charge < -0.3 is 10.7 Å². The van der Waals surface area contributed by atoms with E-state index in [1.165, 1.54) is 11.3 Å². The summed E-state index contributed by atoms with van der Waals surface area (Å²) in [6, 6.07) is 11.5. The first kappa shape index (κ1) is 13.8. The number of carbonyl (C=O) groups excluding carboxylic acids is 1. The molecule has 0 spiro atoms. The number of benzene rings is 1.